The molecule has 4 heteroatoms. The zero-order valence-electron chi connectivity index (χ0n) is 9.07. The fourth-order valence-electron chi connectivity index (χ4n) is 1.07. The van der Waals surface area contributed by atoms with Gasteiger partial charge in [-0.3, -0.25) is 0 Å². The number of rotatable bonds is 1. The Labute approximate surface area is 73.1 Å². The second-order valence-corrected chi connectivity index (χ2v) is 2.30. The molecule has 0 atom stereocenters. The highest BCUT2D eigenvalue weighted by Crippen LogP contribution is 2.29. The first-order valence-electron chi connectivity index (χ1n) is 4.80. The van der Waals surface area contributed by atoms with Crippen molar-refractivity contribution in [3.8, 4) is 5.75 Å². The molecular formula is C8H8N2O2. The van der Waals surface area contributed by atoms with Crippen LogP contribution in [0, 0.1) is 0 Å². The third-order valence-electron chi connectivity index (χ3n) is 1.60. The maximum atomic E-state index is 6.99. The molecule has 0 unspecified atom stereocenters. The van der Waals surface area contributed by atoms with Crippen LogP contribution in [-0.2, 0) is 0 Å². The summed E-state index contributed by atoms with van der Waals surface area (Å²) in [4.78, 5) is 0. The van der Waals surface area contributed by atoms with Gasteiger partial charge in [-0.05, 0) is 12.1 Å². The molecule has 1 aromatic heterocycles. The molecule has 0 aliphatic carbocycles. The summed E-state index contributed by atoms with van der Waals surface area (Å²) in [6, 6.07) is 4.74. The monoisotopic (exact) mass is 167 g/mol. The molecule has 0 radical (unpaired) electrons. The van der Waals surface area contributed by atoms with Gasteiger partial charge < -0.3 is 15.0 Å². The number of nitrogens with zero attached hydrogens (tertiary/aromatic N) is 1. The van der Waals surface area contributed by atoms with E-state index in [1.807, 2.05) is 0 Å². The molecule has 0 aliphatic rings. The van der Waals surface area contributed by atoms with Crippen LogP contribution in [0.15, 0.2) is 22.7 Å². The fourth-order valence-corrected chi connectivity index (χ4v) is 1.07. The lowest BCUT2D eigenvalue weighted by molar-refractivity contribution is 0.419. The molecule has 62 valence electrons. The lowest BCUT2D eigenvalue weighted by atomic mass is 10.2. The summed E-state index contributed by atoms with van der Waals surface area (Å²) < 4.78 is 30.6. The highest BCUT2D eigenvalue weighted by atomic mass is 16.5. The van der Waals surface area contributed by atoms with Gasteiger partial charge in [0.2, 0.25) is 0 Å². The van der Waals surface area contributed by atoms with Crippen molar-refractivity contribution in [3.63, 3.8) is 0 Å². The summed E-state index contributed by atoms with van der Waals surface area (Å²) in [6.07, 6.45) is 0. The van der Waals surface area contributed by atoms with Crippen molar-refractivity contribution in [2.45, 2.75) is 0 Å². The van der Waals surface area contributed by atoms with Crippen LogP contribution in [0.5, 0.6) is 5.75 Å². The SMILES string of the molecule is [2H]C([2H])([2H])Oc1cccc2onc(N)c12. The molecule has 0 bridgehead atoms. The van der Waals surface area contributed by atoms with Gasteiger partial charge in [-0.1, -0.05) is 11.2 Å². The molecule has 1 heterocycles. The molecule has 0 amide bonds. The summed E-state index contributed by atoms with van der Waals surface area (Å²) in [6.45, 7) is 0. The predicted molar refractivity (Wildman–Crippen MR) is 45.0 cm³/mol. The number of fused-ring (bicyclic) bond motifs is 1. The van der Waals surface area contributed by atoms with E-state index >= 15 is 0 Å². The normalized spacial score (nSPS) is 15.2. The van der Waals surface area contributed by atoms with Crippen LogP contribution in [-0.4, -0.2) is 12.2 Å². The van der Waals surface area contributed by atoms with Gasteiger partial charge in [0, 0.05) is 0 Å². The summed E-state index contributed by atoms with van der Waals surface area (Å²) in [7, 11) is -2.52. The zero-order valence-corrected chi connectivity index (χ0v) is 6.07. The Kier molecular flexibility index (Phi) is 0.872. The average Bonchev–Trinajstić information content (AvgIpc) is 2.46. The van der Waals surface area contributed by atoms with Crippen molar-refractivity contribution in [2.24, 2.45) is 0 Å². The van der Waals surface area contributed by atoms with Crippen LogP contribution in [0.2, 0.25) is 0 Å². The number of hydrogen-bond acceptors (Lipinski definition) is 4. The van der Waals surface area contributed by atoms with Crippen molar-refractivity contribution in [3.05, 3.63) is 18.2 Å². The number of hydrogen-bond donors (Lipinski definition) is 1. The average molecular weight is 167 g/mol. The van der Waals surface area contributed by atoms with Crippen LogP contribution in [0.1, 0.15) is 4.11 Å². The smallest absolute Gasteiger partial charge is 0.178 e. The van der Waals surface area contributed by atoms with Crippen LogP contribution >= 0.6 is 0 Å². The molecule has 1 aromatic carbocycles. The minimum absolute atomic E-state index is 0.116. The fraction of sp³-hybridized carbons (Fsp3) is 0.125. The van der Waals surface area contributed by atoms with Gasteiger partial charge in [0.05, 0.1) is 11.2 Å². The van der Waals surface area contributed by atoms with E-state index in [1.54, 1.807) is 12.1 Å². The second-order valence-electron chi connectivity index (χ2n) is 2.30. The predicted octanol–water partition coefficient (Wildman–Crippen LogP) is 1.42. The van der Waals surface area contributed by atoms with E-state index in [2.05, 4.69) is 5.16 Å². The summed E-state index contributed by atoms with van der Waals surface area (Å²) >= 11 is 0. The number of aromatic nitrogens is 1. The van der Waals surface area contributed by atoms with E-state index in [4.69, 9.17) is 19.1 Å². The second kappa shape index (κ2) is 2.41. The third-order valence-corrected chi connectivity index (χ3v) is 1.60. The number of benzene rings is 1. The highest BCUT2D eigenvalue weighted by molar-refractivity contribution is 5.92. The van der Waals surface area contributed by atoms with Crippen molar-refractivity contribution < 1.29 is 13.4 Å². The Morgan fingerprint density at radius 3 is 3.42 bits per heavy atom. The Morgan fingerprint density at radius 1 is 1.67 bits per heavy atom. The molecule has 0 saturated carbocycles. The Bertz CT molecular complexity index is 492. The lowest BCUT2D eigenvalue weighted by Crippen LogP contribution is -1.87. The summed E-state index contributed by atoms with van der Waals surface area (Å²) in [5.74, 6) is 0.260. The highest BCUT2D eigenvalue weighted by Gasteiger charge is 2.09. The van der Waals surface area contributed by atoms with Gasteiger partial charge in [-0.25, -0.2) is 0 Å². The molecule has 0 fully saturated rings. The Morgan fingerprint density at radius 2 is 2.58 bits per heavy atom. The number of ether oxygens (including phenoxy) is 1. The molecule has 2 rings (SSSR count). The molecule has 0 spiro atoms. The van der Waals surface area contributed by atoms with E-state index in [-0.39, 0.29) is 11.6 Å². The molecule has 2 N–H and O–H groups in total. The molecule has 0 saturated heterocycles. The molecular weight excluding hydrogens is 156 g/mol. The lowest BCUT2D eigenvalue weighted by Gasteiger charge is -1.98. The molecule has 0 aliphatic heterocycles. The van der Waals surface area contributed by atoms with Crippen molar-refractivity contribution in [1.82, 2.24) is 5.16 Å². The summed E-state index contributed by atoms with van der Waals surface area (Å²) in [5, 5.41) is 3.91. The Balaban J connectivity index is 2.55. The van der Waals surface area contributed by atoms with Crippen molar-refractivity contribution in [1.29, 1.82) is 0 Å². The first-order valence-corrected chi connectivity index (χ1v) is 3.30. The van der Waals surface area contributed by atoms with Crippen molar-refractivity contribution in [2.75, 3.05) is 12.8 Å². The van der Waals surface area contributed by atoms with E-state index < -0.39 is 7.04 Å². The van der Waals surface area contributed by atoms with Gasteiger partial charge in [0.1, 0.15) is 11.1 Å². The van der Waals surface area contributed by atoms with E-state index in [1.165, 1.54) is 6.07 Å². The number of nitrogens with two attached hydrogens (primary N) is 1. The van der Waals surface area contributed by atoms with Gasteiger partial charge >= 0.3 is 0 Å². The molecule has 12 heavy (non-hydrogen) atoms. The summed E-state index contributed by atoms with van der Waals surface area (Å²) in [5.41, 5.74) is 5.92. The Hall–Kier alpha value is -1.71. The van der Waals surface area contributed by atoms with E-state index in [9.17, 15) is 0 Å². The number of nitrogen functional groups attached to an aromatic ring is 1. The molecule has 2 aromatic rings. The van der Waals surface area contributed by atoms with Gasteiger partial charge in [-0.15, -0.1) is 0 Å². The van der Waals surface area contributed by atoms with Crippen LogP contribution in [0.4, 0.5) is 5.82 Å². The minimum Gasteiger partial charge on any atom is -0.496 e. The van der Waals surface area contributed by atoms with E-state index in [0.717, 1.165) is 0 Å². The minimum atomic E-state index is -2.52. The first kappa shape index (κ1) is 4.35. The molecule has 4 nitrogen and oxygen atoms in total. The van der Waals surface area contributed by atoms with E-state index in [0.29, 0.717) is 11.0 Å². The first-order chi connectivity index (χ1) is 6.97. The maximum Gasteiger partial charge on any atom is 0.178 e. The number of anilines is 1. The van der Waals surface area contributed by atoms with Gasteiger partial charge in [0.25, 0.3) is 0 Å². The zero-order chi connectivity index (χ0) is 11.1. The third kappa shape index (κ3) is 0.812. The van der Waals surface area contributed by atoms with Crippen LogP contribution < -0.4 is 10.5 Å². The topological polar surface area (TPSA) is 61.3 Å². The van der Waals surface area contributed by atoms with Crippen LogP contribution in [0.3, 0.4) is 0 Å². The standard InChI is InChI=1S/C8H8N2O2/c1-11-5-3-2-4-6-7(5)8(9)10-12-6/h2-4H,1H3,(H2,9,10)/i1D3. The van der Waals surface area contributed by atoms with Crippen LogP contribution in [0.25, 0.3) is 11.0 Å². The number of methoxy groups -OCH3 is 1. The van der Waals surface area contributed by atoms with Crippen molar-refractivity contribution >= 4 is 16.8 Å². The van der Waals surface area contributed by atoms with Gasteiger partial charge in [-0.2, -0.15) is 0 Å². The maximum absolute atomic E-state index is 6.99. The quantitative estimate of drug-likeness (QED) is 0.697. The van der Waals surface area contributed by atoms with Gasteiger partial charge in [0.15, 0.2) is 11.4 Å². The largest absolute Gasteiger partial charge is 0.496 e.